The molecule has 0 fully saturated rings. The fraction of sp³-hybridized carbons (Fsp3) is 0. The van der Waals surface area contributed by atoms with Crippen LogP contribution in [-0.2, 0) is 4.79 Å². The van der Waals surface area contributed by atoms with Crippen molar-refractivity contribution in [1.82, 2.24) is 4.98 Å². The maximum absolute atomic E-state index is 11.8. The third kappa shape index (κ3) is 2.89. The Morgan fingerprint density at radius 1 is 1.26 bits per heavy atom. The second-order valence-corrected chi connectivity index (χ2v) is 5.74. The molecule has 2 heterocycles. The van der Waals surface area contributed by atoms with Crippen molar-refractivity contribution in [3.8, 4) is 0 Å². The molecule has 0 aliphatic carbocycles. The molecule has 3 rings (SSSR count). The molecule has 1 N–H and O–H groups in total. The molecule has 0 aliphatic heterocycles. The first-order valence-electron chi connectivity index (χ1n) is 5.67. The number of amides is 1. The van der Waals surface area contributed by atoms with E-state index in [4.69, 9.17) is 0 Å². The zero-order valence-electron chi connectivity index (χ0n) is 9.87. The van der Waals surface area contributed by atoms with Gasteiger partial charge in [0.1, 0.15) is 0 Å². The van der Waals surface area contributed by atoms with Gasteiger partial charge >= 0.3 is 0 Å². The van der Waals surface area contributed by atoms with Crippen LogP contribution in [0, 0.1) is 0 Å². The molecule has 0 bridgehead atoms. The highest BCUT2D eigenvalue weighted by Crippen LogP contribution is 2.21. The van der Waals surface area contributed by atoms with Gasteiger partial charge in [-0.05, 0) is 35.7 Å². The number of benzene rings is 1. The van der Waals surface area contributed by atoms with Crippen molar-refractivity contribution < 1.29 is 4.79 Å². The van der Waals surface area contributed by atoms with Crippen LogP contribution >= 0.6 is 22.7 Å². The molecule has 0 radical (unpaired) electrons. The Hall–Kier alpha value is -1.98. The molecule has 0 aliphatic rings. The lowest BCUT2D eigenvalue weighted by molar-refractivity contribution is -0.111. The molecule has 1 amide bonds. The molecule has 19 heavy (non-hydrogen) atoms. The number of thiophene rings is 1. The van der Waals surface area contributed by atoms with Gasteiger partial charge in [0.15, 0.2) is 0 Å². The molecular formula is C14H10N2OS2. The number of hydrogen-bond acceptors (Lipinski definition) is 4. The number of nitrogens with one attached hydrogen (secondary N) is 1. The van der Waals surface area contributed by atoms with Crippen molar-refractivity contribution in [3.63, 3.8) is 0 Å². The van der Waals surface area contributed by atoms with Crippen LogP contribution in [0.1, 0.15) is 4.88 Å². The summed E-state index contributed by atoms with van der Waals surface area (Å²) in [7, 11) is 0. The Bertz CT molecular complexity index is 729. The monoisotopic (exact) mass is 286 g/mol. The van der Waals surface area contributed by atoms with Crippen LogP contribution < -0.4 is 5.32 Å². The zero-order valence-corrected chi connectivity index (χ0v) is 11.5. The molecule has 0 saturated heterocycles. The molecule has 5 heteroatoms. The number of carbonyl (C=O) groups excluding carboxylic acids is 1. The third-order valence-corrected chi connectivity index (χ3v) is 4.19. The van der Waals surface area contributed by atoms with Gasteiger partial charge in [-0.25, -0.2) is 4.98 Å². The van der Waals surface area contributed by atoms with Crippen LogP contribution in [0.4, 0.5) is 5.69 Å². The predicted octanol–water partition coefficient (Wildman–Crippen LogP) is 4.01. The van der Waals surface area contributed by atoms with Crippen LogP contribution in [-0.4, -0.2) is 10.9 Å². The number of aromatic nitrogens is 1. The maximum Gasteiger partial charge on any atom is 0.248 e. The fourth-order valence-electron chi connectivity index (χ4n) is 1.66. The molecule has 0 atom stereocenters. The Balaban J connectivity index is 1.71. The summed E-state index contributed by atoms with van der Waals surface area (Å²) in [6, 6.07) is 9.65. The molecule has 94 valence electrons. The van der Waals surface area contributed by atoms with E-state index in [1.54, 1.807) is 34.3 Å². The lowest BCUT2D eigenvalue weighted by Crippen LogP contribution is -2.07. The minimum Gasteiger partial charge on any atom is -0.322 e. The van der Waals surface area contributed by atoms with Crippen LogP contribution in [0.15, 0.2) is 47.3 Å². The molecule has 3 nitrogen and oxygen atoms in total. The van der Waals surface area contributed by atoms with Gasteiger partial charge < -0.3 is 5.32 Å². The van der Waals surface area contributed by atoms with Crippen molar-refractivity contribution in [2.24, 2.45) is 0 Å². The van der Waals surface area contributed by atoms with Crippen molar-refractivity contribution >= 4 is 50.6 Å². The van der Waals surface area contributed by atoms with Gasteiger partial charge in [0.2, 0.25) is 5.91 Å². The highest BCUT2D eigenvalue weighted by atomic mass is 32.1. The normalized spacial score (nSPS) is 11.2. The van der Waals surface area contributed by atoms with Crippen molar-refractivity contribution in [2.75, 3.05) is 5.32 Å². The Kier molecular flexibility index (Phi) is 3.39. The van der Waals surface area contributed by atoms with Gasteiger partial charge in [-0.3, -0.25) is 4.79 Å². The van der Waals surface area contributed by atoms with Gasteiger partial charge in [0.05, 0.1) is 15.7 Å². The second-order valence-electron chi connectivity index (χ2n) is 3.87. The number of rotatable bonds is 3. The van der Waals surface area contributed by atoms with Gasteiger partial charge in [-0.1, -0.05) is 6.07 Å². The number of fused-ring (bicyclic) bond motifs is 1. The summed E-state index contributed by atoms with van der Waals surface area (Å²) in [5.41, 5.74) is 3.47. The van der Waals surface area contributed by atoms with E-state index in [9.17, 15) is 4.79 Å². The van der Waals surface area contributed by atoms with Crippen LogP contribution in [0.5, 0.6) is 0 Å². The van der Waals surface area contributed by atoms with Crippen LogP contribution in [0.2, 0.25) is 0 Å². The average molecular weight is 286 g/mol. The largest absolute Gasteiger partial charge is 0.322 e. The van der Waals surface area contributed by atoms with E-state index >= 15 is 0 Å². The number of nitrogens with zero attached hydrogens (tertiary/aromatic N) is 1. The Morgan fingerprint density at radius 2 is 2.21 bits per heavy atom. The van der Waals surface area contributed by atoms with Crippen molar-refractivity contribution in [1.29, 1.82) is 0 Å². The van der Waals surface area contributed by atoms with Gasteiger partial charge in [-0.15, -0.1) is 22.7 Å². The van der Waals surface area contributed by atoms with E-state index in [2.05, 4.69) is 10.3 Å². The topological polar surface area (TPSA) is 42.0 Å². The minimum atomic E-state index is -0.136. The molecule has 3 aromatic rings. The maximum atomic E-state index is 11.8. The van der Waals surface area contributed by atoms with Crippen LogP contribution in [0.3, 0.4) is 0 Å². The summed E-state index contributed by atoms with van der Waals surface area (Å²) < 4.78 is 1.12. The van der Waals surface area contributed by atoms with Crippen molar-refractivity contribution in [3.05, 3.63) is 52.2 Å². The van der Waals surface area contributed by atoms with E-state index < -0.39 is 0 Å². The summed E-state index contributed by atoms with van der Waals surface area (Å²) in [5.74, 6) is -0.136. The van der Waals surface area contributed by atoms with Gasteiger partial charge in [0.25, 0.3) is 0 Å². The highest BCUT2D eigenvalue weighted by Gasteiger charge is 2.01. The Morgan fingerprint density at radius 3 is 3.05 bits per heavy atom. The van der Waals surface area contributed by atoms with E-state index in [0.717, 1.165) is 20.8 Å². The van der Waals surface area contributed by atoms with E-state index in [1.165, 1.54) is 6.08 Å². The summed E-state index contributed by atoms with van der Waals surface area (Å²) in [6.45, 7) is 0. The smallest absolute Gasteiger partial charge is 0.248 e. The van der Waals surface area contributed by atoms with Gasteiger partial charge in [-0.2, -0.15) is 0 Å². The average Bonchev–Trinajstić information content (AvgIpc) is 3.07. The number of carbonyl (C=O) groups is 1. The molecule has 2 aromatic heterocycles. The molecule has 1 aromatic carbocycles. The predicted molar refractivity (Wildman–Crippen MR) is 81.6 cm³/mol. The van der Waals surface area contributed by atoms with Crippen molar-refractivity contribution in [2.45, 2.75) is 0 Å². The highest BCUT2D eigenvalue weighted by molar-refractivity contribution is 7.16. The number of thiazole rings is 1. The van der Waals surface area contributed by atoms with E-state index in [1.807, 2.05) is 35.7 Å². The van der Waals surface area contributed by atoms with E-state index in [-0.39, 0.29) is 5.91 Å². The summed E-state index contributed by atoms with van der Waals surface area (Å²) in [6.07, 6.45) is 3.35. The first-order valence-corrected chi connectivity index (χ1v) is 7.43. The molecule has 0 unspecified atom stereocenters. The fourth-order valence-corrected chi connectivity index (χ4v) is 2.94. The minimum absolute atomic E-state index is 0.136. The molecular weight excluding hydrogens is 276 g/mol. The van der Waals surface area contributed by atoms with Gasteiger partial charge in [0, 0.05) is 16.6 Å². The quantitative estimate of drug-likeness (QED) is 0.739. The summed E-state index contributed by atoms with van der Waals surface area (Å²) in [5, 5.41) is 4.81. The summed E-state index contributed by atoms with van der Waals surface area (Å²) >= 11 is 3.19. The van der Waals surface area contributed by atoms with E-state index in [0.29, 0.717) is 0 Å². The Labute approximate surface area is 118 Å². The van der Waals surface area contributed by atoms with Crippen LogP contribution in [0.25, 0.3) is 16.3 Å². The molecule has 0 spiro atoms. The first-order chi connectivity index (χ1) is 9.31. The molecule has 0 saturated carbocycles. The third-order valence-electron chi connectivity index (χ3n) is 2.54. The summed E-state index contributed by atoms with van der Waals surface area (Å²) in [4.78, 5) is 17.1. The zero-order chi connectivity index (χ0) is 13.1. The number of anilines is 1. The first kappa shape index (κ1) is 12.1. The lowest BCUT2D eigenvalue weighted by atomic mass is 10.3. The second kappa shape index (κ2) is 5.34. The SMILES string of the molecule is O=C(C=Cc1cccs1)Nc1ccc2scnc2c1. The standard InChI is InChI=1S/C14H10N2OS2/c17-14(6-4-11-2-1-7-18-11)16-10-3-5-13-12(8-10)15-9-19-13/h1-9H,(H,16,17). The lowest BCUT2D eigenvalue weighted by Gasteiger charge is -2.01. The number of hydrogen-bond donors (Lipinski definition) is 1.